The zero-order valence-electron chi connectivity index (χ0n) is 13.5. The molecule has 6 heteroatoms. The third-order valence-electron chi connectivity index (χ3n) is 3.61. The summed E-state index contributed by atoms with van der Waals surface area (Å²) in [4.78, 5) is 13.8. The minimum Gasteiger partial charge on any atom is -0.368 e. The number of aromatic nitrogens is 4. The molecule has 0 saturated carbocycles. The molecule has 2 heterocycles. The number of rotatable bonds is 5. The molecule has 0 amide bonds. The average molecular weight is 313 g/mol. The summed E-state index contributed by atoms with van der Waals surface area (Å²) >= 11 is 0. The summed E-state index contributed by atoms with van der Waals surface area (Å²) in [5.41, 5.74) is 1.77. The maximum Gasteiger partial charge on any atom is 0.166 e. The molecule has 0 spiro atoms. The van der Waals surface area contributed by atoms with Crippen LogP contribution in [0.1, 0.15) is 38.1 Å². The van der Waals surface area contributed by atoms with Gasteiger partial charge in [0.1, 0.15) is 11.6 Å². The van der Waals surface area contributed by atoms with Crippen LogP contribution in [0, 0.1) is 5.82 Å². The van der Waals surface area contributed by atoms with Gasteiger partial charge in [0.15, 0.2) is 17.3 Å². The molecule has 0 unspecified atom stereocenters. The van der Waals surface area contributed by atoms with Gasteiger partial charge in [-0.2, -0.15) is 0 Å². The number of nitrogens with zero attached hydrogens (tertiary/aromatic N) is 4. The largest absolute Gasteiger partial charge is 0.368 e. The van der Waals surface area contributed by atoms with Gasteiger partial charge in [-0.25, -0.2) is 19.3 Å². The summed E-state index contributed by atoms with van der Waals surface area (Å²) in [6, 6.07) is 6.46. The number of hydrogen-bond donors (Lipinski definition) is 1. The molecule has 0 bridgehead atoms. The zero-order chi connectivity index (χ0) is 16.4. The molecule has 2 aliphatic heterocycles. The van der Waals surface area contributed by atoms with Gasteiger partial charge in [-0.1, -0.05) is 26.0 Å². The van der Waals surface area contributed by atoms with Crippen molar-refractivity contribution < 1.29 is 4.39 Å². The van der Waals surface area contributed by atoms with Crippen LogP contribution in [0.2, 0.25) is 0 Å². The topological polar surface area (TPSA) is 55.6 Å². The summed E-state index contributed by atoms with van der Waals surface area (Å²) in [6.07, 6.45) is 1.75. The minimum atomic E-state index is -0.236. The van der Waals surface area contributed by atoms with Crippen LogP contribution in [0.15, 0.2) is 30.6 Å². The number of anilines is 1. The Morgan fingerprint density at radius 2 is 1.91 bits per heavy atom. The Balaban J connectivity index is 2.03. The van der Waals surface area contributed by atoms with Crippen LogP contribution in [0.4, 0.5) is 10.2 Å². The SMILES string of the molecule is CCNc1ncn(Cc2ccc(F)cc2)c2nc(C(C)C)nc1-2. The standard InChI is InChI=1S/C17H20FN5/c1-4-19-16-14-17(22-15(21-14)11(2)3)23(10-20-16)9-12-5-7-13(18)8-6-12/h5-8,10-11,19H,4,9H2,1-3H3. The fourth-order valence-electron chi connectivity index (χ4n) is 2.41. The van der Waals surface area contributed by atoms with Crippen molar-refractivity contribution in [3.05, 3.63) is 47.8 Å². The second kappa shape index (κ2) is 6.32. The van der Waals surface area contributed by atoms with Crippen molar-refractivity contribution in [3.8, 4) is 11.5 Å². The Morgan fingerprint density at radius 3 is 2.57 bits per heavy atom. The number of benzene rings is 1. The van der Waals surface area contributed by atoms with Gasteiger partial charge in [0.25, 0.3) is 0 Å². The van der Waals surface area contributed by atoms with Crippen LogP contribution in [-0.4, -0.2) is 26.1 Å². The van der Waals surface area contributed by atoms with E-state index in [2.05, 4.69) is 34.1 Å². The highest BCUT2D eigenvalue weighted by molar-refractivity contribution is 5.67. The lowest BCUT2D eigenvalue weighted by atomic mass is 10.2. The van der Waals surface area contributed by atoms with Gasteiger partial charge in [0, 0.05) is 12.5 Å². The van der Waals surface area contributed by atoms with Crippen molar-refractivity contribution in [3.63, 3.8) is 0 Å². The molecule has 3 rings (SSSR count). The molecule has 5 nitrogen and oxygen atoms in total. The minimum absolute atomic E-state index is 0.236. The van der Waals surface area contributed by atoms with Gasteiger partial charge >= 0.3 is 0 Å². The molecule has 0 aliphatic carbocycles. The van der Waals surface area contributed by atoms with Crippen molar-refractivity contribution in [2.45, 2.75) is 33.2 Å². The molecule has 120 valence electrons. The number of fused-ring (bicyclic) bond motifs is 1. The predicted molar refractivity (Wildman–Crippen MR) is 88.2 cm³/mol. The average Bonchev–Trinajstić information content (AvgIpc) is 2.98. The van der Waals surface area contributed by atoms with Crippen LogP contribution in [0.5, 0.6) is 0 Å². The van der Waals surface area contributed by atoms with Crippen LogP contribution < -0.4 is 5.32 Å². The first-order chi connectivity index (χ1) is 11.1. The molecular formula is C17H20FN5. The van der Waals surface area contributed by atoms with Gasteiger partial charge < -0.3 is 9.88 Å². The van der Waals surface area contributed by atoms with E-state index < -0.39 is 0 Å². The van der Waals surface area contributed by atoms with Crippen LogP contribution in [0.3, 0.4) is 0 Å². The number of hydrogen-bond acceptors (Lipinski definition) is 4. The zero-order valence-corrected chi connectivity index (χ0v) is 13.5. The molecule has 0 aromatic heterocycles. The third kappa shape index (κ3) is 3.16. The van der Waals surface area contributed by atoms with Gasteiger partial charge in [-0.05, 0) is 24.6 Å². The van der Waals surface area contributed by atoms with Gasteiger partial charge in [-0.3, -0.25) is 0 Å². The lowest BCUT2D eigenvalue weighted by Gasteiger charge is -2.13. The van der Waals surface area contributed by atoms with Gasteiger partial charge in [0.2, 0.25) is 0 Å². The molecule has 0 fully saturated rings. The van der Waals surface area contributed by atoms with E-state index in [0.29, 0.717) is 6.54 Å². The van der Waals surface area contributed by atoms with E-state index in [-0.39, 0.29) is 11.7 Å². The monoisotopic (exact) mass is 313 g/mol. The summed E-state index contributed by atoms with van der Waals surface area (Å²) in [5, 5.41) is 3.22. The molecular weight excluding hydrogens is 293 g/mol. The van der Waals surface area contributed by atoms with E-state index in [9.17, 15) is 4.39 Å². The highest BCUT2D eigenvalue weighted by atomic mass is 19.1. The van der Waals surface area contributed by atoms with Gasteiger partial charge in [0.05, 0.1) is 12.9 Å². The Kier molecular flexibility index (Phi) is 4.23. The fourth-order valence-corrected chi connectivity index (χ4v) is 2.41. The summed E-state index contributed by atoms with van der Waals surface area (Å²) in [5.74, 6) is 2.36. The molecule has 23 heavy (non-hydrogen) atoms. The fraction of sp³-hybridized carbons (Fsp3) is 0.353. The molecule has 1 aromatic rings. The molecule has 0 atom stereocenters. The number of halogens is 1. The third-order valence-corrected chi connectivity index (χ3v) is 3.61. The maximum absolute atomic E-state index is 13.1. The first-order valence-corrected chi connectivity index (χ1v) is 7.79. The molecule has 1 N–H and O–H groups in total. The van der Waals surface area contributed by atoms with E-state index in [4.69, 9.17) is 0 Å². The number of nitrogens with one attached hydrogen (secondary N) is 1. The van der Waals surface area contributed by atoms with Crippen molar-refractivity contribution >= 4 is 5.82 Å². The second-order valence-corrected chi connectivity index (χ2v) is 5.79. The molecule has 0 saturated heterocycles. The van der Waals surface area contributed by atoms with Crippen molar-refractivity contribution in [1.82, 2.24) is 19.5 Å². The van der Waals surface area contributed by atoms with Crippen molar-refractivity contribution in [1.29, 1.82) is 0 Å². The van der Waals surface area contributed by atoms with E-state index in [1.807, 2.05) is 11.5 Å². The highest BCUT2D eigenvalue weighted by Gasteiger charge is 2.21. The molecule has 2 aliphatic rings. The maximum atomic E-state index is 13.1. The normalized spacial score (nSPS) is 11.3. The second-order valence-electron chi connectivity index (χ2n) is 5.79. The highest BCUT2D eigenvalue weighted by Crippen LogP contribution is 2.28. The smallest absolute Gasteiger partial charge is 0.166 e. The summed E-state index contributed by atoms with van der Waals surface area (Å²) in [6.45, 7) is 7.50. The van der Waals surface area contributed by atoms with E-state index in [0.717, 1.165) is 35.3 Å². The molecule has 1 aromatic carbocycles. The number of imidazole rings is 1. The molecule has 0 radical (unpaired) electrons. The van der Waals surface area contributed by atoms with E-state index >= 15 is 0 Å². The van der Waals surface area contributed by atoms with Crippen LogP contribution >= 0.6 is 0 Å². The lowest BCUT2D eigenvalue weighted by Crippen LogP contribution is -2.10. The first kappa shape index (κ1) is 15.4. The Labute approximate surface area is 135 Å². The van der Waals surface area contributed by atoms with Crippen LogP contribution in [0.25, 0.3) is 11.5 Å². The van der Waals surface area contributed by atoms with Gasteiger partial charge in [-0.15, -0.1) is 0 Å². The predicted octanol–water partition coefficient (Wildman–Crippen LogP) is 3.52. The first-order valence-electron chi connectivity index (χ1n) is 7.79. The van der Waals surface area contributed by atoms with Crippen molar-refractivity contribution in [2.24, 2.45) is 0 Å². The van der Waals surface area contributed by atoms with Crippen LogP contribution in [-0.2, 0) is 6.54 Å². The lowest BCUT2D eigenvalue weighted by molar-refractivity contribution is 0.626. The Hall–Kier alpha value is -2.50. The van der Waals surface area contributed by atoms with Crippen molar-refractivity contribution in [2.75, 3.05) is 11.9 Å². The van der Waals surface area contributed by atoms with E-state index in [1.165, 1.54) is 12.1 Å². The van der Waals surface area contributed by atoms with E-state index in [1.54, 1.807) is 18.5 Å². The summed E-state index contributed by atoms with van der Waals surface area (Å²) < 4.78 is 15.0. The Bertz CT molecular complexity index is 763. The Morgan fingerprint density at radius 1 is 1.17 bits per heavy atom. The quantitative estimate of drug-likeness (QED) is 0.783. The summed E-state index contributed by atoms with van der Waals surface area (Å²) in [7, 11) is 0.